The third kappa shape index (κ3) is 6.57. The number of fused-ring (bicyclic) bond motifs is 6. The van der Waals surface area contributed by atoms with Crippen LogP contribution in [0.5, 0.6) is 0 Å². The van der Waals surface area contributed by atoms with Gasteiger partial charge < -0.3 is 9.13 Å². The zero-order valence-corrected chi connectivity index (χ0v) is 34.3. The van der Waals surface area contributed by atoms with E-state index in [1.54, 1.807) is 33.8 Å². The fraction of sp³-hybridized carbons (Fsp3) is 0.122. The van der Waals surface area contributed by atoms with E-state index in [2.05, 4.69) is 29.9 Å². The molecule has 0 N–H and O–H groups in total. The lowest BCUT2D eigenvalue weighted by Crippen LogP contribution is -2.15. The van der Waals surface area contributed by atoms with Gasteiger partial charge in [0, 0.05) is 43.8 Å². The number of hydrogen-bond acceptors (Lipinski definition) is 7. The summed E-state index contributed by atoms with van der Waals surface area (Å²) in [7, 11) is 0. The van der Waals surface area contributed by atoms with Crippen LogP contribution in [0.4, 0.5) is 26.3 Å². The number of nitriles is 1. The average molecular weight is 860 g/mol. The minimum atomic E-state index is -5.21. The van der Waals surface area contributed by atoms with Gasteiger partial charge in [-0.05, 0) is 100 Å². The van der Waals surface area contributed by atoms with E-state index in [-0.39, 0.29) is 5.69 Å². The molecule has 64 heavy (non-hydrogen) atoms. The lowest BCUT2D eigenvalue weighted by molar-refractivity contribution is -0.142. The van der Waals surface area contributed by atoms with Crippen molar-refractivity contribution in [2.45, 2.75) is 40.0 Å². The minimum Gasteiger partial charge on any atom is -0.307 e. The van der Waals surface area contributed by atoms with Gasteiger partial charge in [-0.1, -0.05) is 42.5 Å². The van der Waals surface area contributed by atoms with E-state index < -0.39 is 40.2 Å². The molecule has 10 aromatic rings. The quantitative estimate of drug-likeness (QED) is 0.158. The molecule has 0 amide bonds. The highest BCUT2D eigenvalue weighted by Gasteiger charge is 2.42. The summed E-state index contributed by atoms with van der Waals surface area (Å²) in [6.45, 7) is 7.07. The summed E-state index contributed by atoms with van der Waals surface area (Å²) in [5.41, 5.74) is -0.778. The second-order valence-electron chi connectivity index (χ2n) is 15.4. The zero-order valence-electron chi connectivity index (χ0n) is 34.3. The Bertz CT molecular complexity index is 3540. The summed E-state index contributed by atoms with van der Waals surface area (Å²) < 4.78 is 93.2. The maximum absolute atomic E-state index is 14.9. The number of aryl methyl sites for hydroxylation is 4. The first-order chi connectivity index (χ1) is 30.6. The molecule has 0 unspecified atom stereocenters. The number of rotatable bonds is 5. The Morgan fingerprint density at radius 2 is 0.859 bits per heavy atom. The van der Waals surface area contributed by atoms with Crippen molar-refractivity contribution in [3.63, 3.8) is 0 Å². The van der Waals surface area contributed by atoms with Crippen LogP contribution in [-0.4, -0.2) is 39.0 Å². The van der Waals surface area contributed by atoms with Gasteiger partial charge in [0.1, 0.15) is 23.3 Å². The van der Waals surface area contributed by atoms with Gasteiger partial charge in [0.25, 0.3) is 0 Å². The molecule has 9 nitrogen and oxygen atoms in total. The van der Waals surface area contributed by atoms with Crippen LogP contribution in [-0.2, 0) is 12.4 Å². The third-order valence-electron chi connectivity index (χ3n) is 11.2. The van der Waals surface area contributed by atoms with Gasteiger partial charge in [-0.2, -0.15) is 31.6 Å². The van der Waals surface area contributed by atoms with E-state index in [0.29, 0.717) is 91.3 Å². The molecule has 314 valence electrons. The van der Waals surface area contributed by atoms with Crippen molar-refractivity contribution in [3.05, 3.63) is 155 Å². The largest absolute Gasteiger partial charge is 0.417 e. The smallest absolute Gasteiger partial charge is 0.307 e. The second kappa shape index (κ2) is 14.6. The standard InChI is InChI=1S/C49H31F6N9/c1-25-57-26(2)60-46(59-25)29-16-18-41-35(20-29)32-10-5-7-14-39(32)63(41)43-22-31(24-56)34(45-37(48(50,51)52)12-9-13-38(45)49(53,54)55)23-44(43)64-40-15-8-6-11-33(40)36-21-30(17-19-42(36)64)47-61-27(3)58-28(4)62-47/h5-23H,1-4H3. The lowest BCUT2D eigenvalue weighted by atomic mass is 9.89. The van der Waals surface area contributed by atoms with Crippen LogP contribution in [0.15, 0.2) is 115 Å². The highest BCUT2D eigenvalue weighted by atomic mass is 19.4. The maximum Gasteiger partial charge on any atom is 0.417 e. The molecule has 0 fully saturated rings. The fourth-order valence-corrected chi connectivity index (χ4v) is 8.78. The molecule has 0 saturated carbocycles. The van der Waals surface area contributed by atoms with Gasteiger partial charge in [0.15, 0.2) is 11.6 Å². The number of alkyl halides is 6. The molecular weight excluding hydrogens is 829 g/mol. The average Bonchev–Trinajstić information content (AvgIpc) is 3.76. The second-order valence-corrected chi connectivity index (χ2v) is 15.4. The van der Waals surface area contributed by atoms with Crippen molar-refractivity contribution in [1.82, 2.24) is 39.0 Å². The molecule has 0 atom stereocenters. The van der Waals surface area contributed by atoms with E-state index in [1.807, 2.05) is 94.1 Å². The summed E-state index contributed by atoms with van der Waals surface area (Å²) in [5, 5.41) is 13.8. The number of para-hydroxylation sites is 2. The Kier molecular flexibility index (Phi) is 9.12. The number of halogens is 6. The molecule has 0 spiro atoms. The molecule has 0 aliphatic carbocycles. The summed E-state index contributed by atoms with van der Waals surface area (Å²) in [6, 6.07) is 32.6. The Morgan fingerprint density at radius 3 is 1.28 bits per heavy atom. The molecular formula is C49H31F6N9. The van der Waals surface area contributed by atoms with Gasteiger partial charge in [-0.3, -0.25) is 0 Å². The van der Waals surface area contributed by atoms with E-state index >= 15 is 0 Å². The summed E-state index contributed by atoms with van der Waals surface area (Å²) in [6.07, 6.45) is -10.4. The Morgan fingerprint density at radius 1 is 0.453 bits per heavy atom. The number of hydrogen-bond donors (Lipinski definition) is 0. The van der Waals surface area contributed by atoms with Crippen LogP contribution in [0, 0.1) is 39.0 Å². The van der Waals surface area contributed by atoms with Crippen LogP contribution in [0.3, 0.4) is 0 Å². The van der Waals surface area contributed by atoms with Gasteiger partial charge in [-0.25, -0.2) is 29.9 Å². The van der Waals surface area contributed by atoms with Gasteiger partial charge in [-0.15, -0.1) is 0 Å². The van der Waals surface area contributed by atoms with Gasteiger partial charge in [0.2, 0.25) is 0 Å². The number of nitrogens with zero attached hydrogens (tertiary/aromatic N) is 9. The van der Waals surface area contributed by atoms with E-state index in [1.165, 1.54) is 12.1 Å². The minimum absolute atomic E-state index is 0.209. The predicted molar refractivity (Wildman–Crippen MR) is 232 cm³/mol. The monoisotopic (exact) mass is 859 g/mol. The SMILES string of the molecule is Cc1nc(C)nc(-c2ccc3c(c2)c2ccccc2n3-c2cc(C#N)c(-c3c(C(F)(F)F)cccc3C(F)(F)F)cc2-n2c3ccccc3c3cc(-c4nc(C)nc(C)n4)ccc32)n1. The van der Waals surface area contributed by atoms with Gasteiger partial charge >= 0.3 is 12.4 Å². The van der Waals surface area contributed by atoms with Crippen LogP contribution < -0.4 is 0 Å². The highest BCUT2D eigenvalue weighted by Crippen LogP contribution is 2.48. The molecule has 0 bridgehead atoms. The molecule has 0 aliphatic rings. The molecule has 15 heteroatoms. The molecule has 6 aromatic carbocycles. The van der Waals surface area contributed by atoms with E-state index in [4.69, 9.17) is 0 Å². The van der Waals surface area contributed by atoms with E-state index in [9.17, 15) is 31.6 Å². The van der Waals surface area contributed by atoms with Crippen LogP contribution in [0.2, 0.25) is 0 Å². The van der Waals surface area contributed by atoms with Gasteiger partial charge in [0.05, 0.1) is 56.2 Å². The molecule has 4 aromatic heterocycles. The zero-order chi connectivity index (χ0) is 44.8. The molecule has 0 radical (unpaired) electrons. The maximum atomic E-state index is 14.9. The van der Waals surface area contributed by atoms with Crippen molar-refractivity contribution in [2.24, 2.45) is 0 Å². The normalized spacial score (nSPS) is 12.2. The van der Waals surface area contributed by atoms with Crippen molar-refractivity contribution in [3.8, 4) is 51.3 Å². The first-order valence-corrected chi connectivity index (χ1v) is 19.9. The molecule has 10 rings (SSSR count). The Balaban J connectivity index is 1.35. The first kappa shape index (κ1) is 40.1. The van der Waals surface area contributed by atoms with Crippen molar-refractivity contribution in [1.29, 1.82) is 5.26 Å². The fourth-order valence-electron chi connectivity index (χ4n) is 8.78. The lowest BCUT2D eigenvalue weighted by Gasteiger charge is -2.23. The Hall–Kier alpha value is -7.99. The predicted octanol–water partition coefficient (Wildman–Crippen LogP) is 12.4. The van der Waals surface area contributed by atoms with Crippen LogP contribution in [0.1, 0.15) is 40.0 Å². The highest BCUT2D eigenvalue weighted by molar-refractivity contribution is 6.13. The topological polar surface area (TPSA) is 111 Å². The third-order valence-corrected chi connectivity index (χ3v) is 11.2. The van der Waals surface area contributed by atoms with Crippen molar-refractivity contribution >= 4 is 43.6 Å². The summed E-state index contributed by atoms with van der Waals surface area (Å²) >= 11 is 0. The number of benzene rings is 6. The molecule has 0 aliphatic heterocycles. The van der Waals surface area contributed by atoms with Crippen molar-refractivity contribution in [2.75, 3.05) is 0 Å². The first-order valence-electron chi connectivity index (χ1n) is 19.9. The number of aromatic nitrogens is 8. The molecule has 0 saturated heterocycles. The van der Waals surface area contributed by atoms with E-state index in [0.717, 1.165) is 22.2 Å². The molecule has 4 heterocycles. The summed E-state index contributed by atoms with van der Waals surface area (Å²) in [4.78, 5) is 26.9. The van der Waals surface area contributed by atoms with Crippen LogP contribution in [0.25, 0.3) is 88.9 Å². The van der Waals surface area contributed by atoms with Crippen molar-refractivity contribution < 1.29 is 26.3 Å². The van der Waals surface area contributed by atoms with Crippen LogP contribution >= 0.6 is 0 Å². The summed E-state index contributed by atoms with van der Waals surface area (Å²) in [5.74, 6) is 3.01. The Labute approximate surface area is 360 Å².